The fourth-order valence-electron chi connectivity index (χ4n) is 2.49. The molecule has 2 fully saturated rings. The lowest BCUT2D eigenvalue weighted by molar-refractivity contribution is -0.144. The van der Waals surface area contributed by atoms with E-state index in [0.717, 1.165) is 25.1 Å². The molecule has 0 radical (unpaired) electrons. The standard InChI is InChI=1S/C12H22N2O2S.ClH/c1-8-9(2)17-6-5-14(8)12(15)11-4-3-10(7-13)16-11;/h8-11H,3-7,13H2,1-2H3;1H/t8?,9?,10-,11+;/m1./s1. The topological polar surface area (TPSA) is 55.6 Å². The molecule has 2 aliphatic heterocycles. The van der Waals surface area contributed by atoms with Crippen molar-refractivity contribution in [2.45, 2.75) is 50.2 Å². The van der Waals surface area contributed by atoms with E-state index in [-0.39, 0.29) is 30.5 Å². The van der Waals surface area contributed by atoms with Crippen molar-refractivity contribution in [3.05, 3.63) is 0 Å². The summed E-state index contributed by atoms with van der Waals surface area (Å²) in [5.41, 5.74) is 5.57. The maximum absolute atomic E-state index is 12.4. The van der Waals surface area contributed by atoms with Gasteiger partial charge in [-0.3, -0.25) is 4.79 Å². The Morgan fingerprint density at radius 3 is 2.78 bits per heavy atom. The van der Waals surface area contributed by atoms with Gasteiger partial charge in [0.25, 0.3) is 5.91 Å². The van der Waals surface area contributed by atoms with Crippen molar-refractivity contribution in [1.29, 1.82) is 0 Å². The third-order valence-electron chi connectivity index (χ3n) is 3.81. The molecular formula is C12H23ClN2O2S. The largest absolute Gasteiger partial charge is 0.364 e. The summed E-state index contributed by atoms with van der Waals surface area (Å²) >= 11 is 1.94. The van der Waals surface area contributed by atoms with Crippen LogP contribution in [0.3, 0.4) is 0 Å². The summed E-state index contributed by atoms with van der Waals surface area (Å²) in [4.78, 5) is 14.4. The molecule has 0 bridgehead atoms. The highest BCUT2D eigenvalue weighted by Gasteiger charge is 2.37. The second-order valence-electron chi connectivity index (χ2n) is 4.91. The second kappa shape index (κ2) is 6.98. The minimum atomic E-state index is -0.249. The van der Waals surface area contributed by atoms with Crippen LogP contribution in [0.25, 0.3) is 0 Å². The molecule has 2 saturated heterocycles. The molecule has 106 valence electrons. The van der Waals surface area contributed by atoms with E-state index >= 15 is 0 Å². The van der Waals surface area contributed by atoms with Crippen LogP contribution in [0.4, 0.5) is 0 Å². The SMILES string of the molecule is CC1SCCN(C(=O)[C@@H]2CC[C@H](CN)O2)C1C.Cl. The van der Waals surface area contributed by atoms with Gasteiger partial charge in [0, 0.05) is 30.1 Å². The number of ether oxygens (including phenoxy) is 1. The molecule has 1 amide bonds. The first-order chi connectivity index (χ1) is 8.13. The molecular weight excluding hydrogens is 272 g/mol. The van der Waals surface area contributed by atoms with E-state index in [1.807, 2.05) is 16.7 Å². The summed E-state index contributed by atoms with van der Waals surface area (Å²) in [6.45, 7) is 5.69. The van der Waals surface area contributed by atoms with Gasteiger partial charge < -0.3 is 15.4 Å². The Labute approximate surface area is 119 Å². The zero-order chi connectivity index (χ0) is 12.4. The van der Waals surface area contributed by atoms with Crippen LogP contribution in [0.2, 0.25) is 0 Å². The summed E-state index contributed by atoms with van der Waals surface area (Å²) in [6.07, 6.45) is 1.57. The van der Waals surface area contributed by atoms with Crippen LogP contribution in [0.15, 0.2) is 0 Å². The van der Waals surface area contributed by atoms with Gasteiger partial charge in [-0.1, -0.05) is 6.92 Å². The normalized spacial score (nSPS) is 36.3. The maximum atomic E-state index is 12.4. The smallest absolute Gasteiger partial charge is 0.252 e. The molecule has 0 aromatic rings. The molecule has 2 N–H and O–H groups in total. The number of carbonyl (C=O) groups excluding carboxylic acids is 1. The van der Waals surface area contributed by atoms with Crippen LogP contribution >= 0.6 is 24.2 Å². The van der Waals surface area contributed by atoms with Crippen molar-refractivity contribution in [3.8, 4) is 0 Å². The highest BCUT2D eigenvalue weighted by Crippen LogP contribution is 2.27. The van der Waals surface area contributed by atoms with Crippen LogP contribution in [-0.4, -0.2) is 53.1 Å². The predicted molar refractivity (Wildman–Crippen MR) is 77.3 cm³/mol. The lowest BCUT2D eigenvalue weighted by Crippen LogP contribution is -2.51. The van der Waals surface area contributed by atoms with Gasteiger partial charge in [0.15, 0.2) is 0 Å². The van der Waals surface area contributed by atoms with Crippen LogP contribution < -0.4 is 5.73 Å². The van der Waals surface area contributed by atoms with Gasteiger partial charge >= 0.3 is 0 Å². The van der Waals surface area contributed by atoms with E-state index in [1.54, 1.807) is 0 Å². The number of hydrogen-bond acceptors (Lipinski definition) is 4. The summed E-state index contributed by atoms with van der Waals surface area (Å²) in [5, 5.41) is 0.513. The maximum Gasteiger partial charge on any atom is 0.252 e. The van der Waals surface area contributed by atoms with Crippen LogP contribution in [0.1, 0.15) is 26.7 Å². The van der Waals surface area contributed by atoms with Gasteiger partial charge in [-0.05, 0) is 19.8 Å². The van der Waals surface area contributed by atoms with E-state index < -0.39 is 0 Å². The van der Waals surface area contributed by atoms with Crippen molar-refractivity contribution >= 4 is 30.1 Å². The van der Waals surface area contributed by atoms with Gasteiger partial charge in [0.05, 0.1) is 6.10 Å². The Hall–Kier alpha value is 0.0300. The molecule has 0 aromatic carbocycles. The van der Waals surface area contributed by atoms with Gasteiger partial charge in [0.1, 0.15) is 6.10 Å². The van der Waals surface area contributed by atoms with Gasteiger partial charge in [0.2, 0.25) is 0 Å². The Bertz CT molecular complexity index is 293. The van der Waals surface area contributed by atoms with E-state index in [2.05, 4.69) is 13.8 Å². The molecule has 2 aliphatic rings. The monoisotopic (exact) mass is 294 g/mol. The molecule has 4 atom stereocenters. The van der Waals surface area contributed by atoms with E-state index in [1.165, 1.54) is 0 Å². The molecule has 2 rings (SSSR count). The third kappa shape index (κ3) is 3.32. The Morgan fingerprint density at radius 2 is 2.17 bits per heavy atom. The van der Waals surface area contributed by atoms with Crippen LogP contribution in [0, 0.1) is 0 Å². The Balaban J connectivity index is 0.00000162. The average Bonchev–Trinajstić information content (AvgIpc) is 2.80. The third-order valence-corrected chi connectivity index (χ3v) is 5.15. The van der Waals surface area contributed by atoms with Crippen molar-refractivity contribution in [2.75, 3.05) is 18.8 Å². The molecule has 4 nitrogen and oxygen atoms in total. The number of hydrogen-bond donors (Lipinski definition) is 1. The van der Waals surface area contributed by atoms with Gasteiger partial charge in [-0.2, -0.15) is 11.8 Å². The van der Waals surface area contributed by atoms with E-state index in [0.29, 0.717) is 17.8 Å². The Kier molecular flexibility index (Phi) is 6.24. The number of rotatable bonds is 2. The average molecular weight is 295 g/mol. The second-order valence-corrected chi connectivity index (χ2v) is 6.39. The first-order valence-electron chi connectivity index (χ1n) is 6.41. The van der Waals surface area contributed by atoms with Crippen molar-refractivity contribution < 1.29 is 9.53 Å². The fourth-order valence-corrected chi connectivity index (χ4v) is 3.59. The first kappa shape index (κ1) is 16.1. The predicted octanol–water partition coefficient (Wildman–Crippen LogP) is 1.27. The molecule has 0 aromatic heterocycles. The van der Waals surface area contributed by atoms with Crippen molar-refractivity contribution in [3.63, 3.8) is 0 Å². The number of thioether (sulfide) groups is 1. The summed E-state index contributed by atoms with van der Waals surface area (Å²) in [6, 6.07) is 0.307. The highest BCUT2D eigenvalue weighted by atomic mass is 35.5. The van der Waals surface area contributed by atoms with Crippen molar-refractivity contribution in [1.82, 2.24) is 4.90 Å². The zero-order valence-corrected chi connectivity index (χ0v) is 12.6. The number of nitrogens with two attached hydrogens (primary N) is 1. The lowest BCUT2D eigenvalue weighted by Gasteiger charge is -2.38. The molecule has 18 heavy (non-hydrogen) atoms. The molecule has 2 unspecified atom stereocenters. The lowest BCUT2D eigenvalue weighted by atomic mass is 10.1. The number of carbonyl (C=O) groups is 1. The number of nitrogens with zero attached hydrogens (tertiary/aromatic N) is 1. The Morgan fingerprint density at radius 1 is 1.44 bits per heavy atom. The molecule has 2 heterocycles. The summed E-state index contributed by atoms with van der Waals surface area (Å²) < 4.78 is 5.69. The van der Waals surface area contributed by atoms with E-state index in [4.69, 9.17) is 10.5 Å². The number of amides is 1. The molecule has 6 heteroatoms. The quantitative estimate of drug-likeness (QED) is 0.833. The number of halogens is 1. The van der Waals surface area contributed by atoms with Gasteiger partial charge in [-0.15, -0.1) is 12.4 Å². The molecule has 0 saturated carbocycles. The van der Waals surface area contributed by atoms with E-state index in [9.17, 15) is 4.79 Å². The van der Waals surface area contributed by atoms with Crippen molar-refractivity contribution in [2.24, 2.45) is 5.73 Å². The minimum Gasteiger partial charge on any atom is -0.364 e. The summed E-state index contributed by atoms with van der Waals surface area (Å²) in [7, 11) is 0. The summed E-state index contributed by atoms with van der Waals surface area (Å²) in [5.74, 6) is 1.20. The minimum absolute atomic E-state index is 0. The molecule has 0 spiro atoms. The molecule has 0 aliphatic carbocycles. The van der Waals surface area contributed by atoms with Crippen LogP contribution in [0.5, 0.6) is 0 Å². The highest BCUT2D eigenvalue weighted by molar-refractivity contribution is 8.00. The first-order valence-corrected chi connectivity index (χ1v) is 7.46. The van der Waals surface area contributed by atoms with Crippen LogP contribution in [-0.2, 0) is 9.53 Å². The van der Waals surface area contributed by atoms with Gasteiger partial charge in [-0.25, -0.2) is 0 Å². The zero-order valence-electron chi connectivity index (χ0n) is 11.0. The fraction of sp³-hybridized carbons (Fsp3) is 0.917.